The van der Waals surface area contributed by atoms with Crippen molar-refractivity contribution in [2.45, 2.75) is 6.92 Å². The quantitative estimate of drug-likeness (QED) is 0.516. The molecule has 0 atom stereocenters. The molecule has 36 heavy (non-hydrogen) atoms. The molecule has 0 bridgehead atoms. The summed E-state index contributed by atoms with van der Waals surface area (Å²) in [5, 5.41) is 0. The lowest BCUT2D eigenvalue weighted by molar-refractivity contribution is 0.0745. The zero-order valence-corrected chi connectivity index (χ0v) is 21.1. The van der Waals surface area contributed by atoms with Gasteiger partial charge in [-0.3, -0.25) is 18.7 Å². The molecule has 0 aliphatic carbocycles. The number of methoxy groups -OCH3 is 3. The molecule has 4 rings (SSSR count). The normalized spacial score (nSPS) is 13.5. The fourth-order valence-electron chi connectivity index (χ4n) is 4.57. The number of anilines is 1. The maximum absolute atomic E-state index is 13.3. The smallest absolute Gasteiger partial charge is 0.335 e. The predicted molar refractivity (Wildman–Crippen MR) is 136 cm³/mol. The minimum absolute atomic E-state index is 0.173. The van der Waals surface area contributed by atoms with Crippen LogP contribution >= 0.6 is 0 Å². The summed E-state index contributed by atoms with van der Waals surface area (Å²) < 4.78 is 18.8. The van der Waals surface area contributed by atoms with Crippen LogP contribution in [0.4, 0.5) is 5.69 Å². The van der Waals surface area contributed by atoms with Gasteiger partial charge in [-0.15, -0.1) is 0 Å². The number of benzene rings is 2. The Balaban J connectivity index is 1.61. The second kappa shape index (κ2) is 10.2. The monoisotopic (exact) mass is 494 g/mol. The highest BCUT2D eigenvalue weighted by molar-refractivity contribution is 5.95. The van der Waals surface area contributed by atoms with Gasteiger partial charge in [0.15, 0.2) is 11.5 Å². The number of ether oxygens (including phenoxy) is 3. The van der Waals surface area contributed by atoms with Crippen LogP contribution in [0.2, 0.25) is 0 Å². The second-order valence-electron chi connectivity index (χ2n) is 8.44. The molecule has 0 saturated carbocycles. The number of rotatable bonds is 6. The maximum atomic E-state index is 13.3. The Hall–Kier alpha value is -4.21. The van der Waals surface area contributed by atoms with Crippen LogP contribution in [0, 0.1) is 6.92 Å². The molecule has 10 nitrogen and oxygen atoms in total. The van der Waals surface area contributed by atoms with Gasteiger partial charge in [0.25, 0.3) is 11.5 Å². The van der Waals surface area contributed by atoms with Crippen LogP contribution in [0.25, 0.3) is 5.69 Å². The topological polar surface area (TPSA) is 95.2 Å². The number of nitrogens with zero attached hydrogens (tertiary/aromatic N) is 4. The van der Waals surface area contributed by atoms with Gasteiger partial charge in [-0.2, -0.15) is 0 Å². The van der Waals surface area contributed by atoms with Crippen molar-refractivity contribution in [3.05, 3.63) is 74.6 Å². The molecule has 1 fully saturated rings. The summed E-state index contributed by atoms with van der Waals surface area (Å²) in [7, 11) is 6.00. The summed E-state index contributed by atoms with van der Waals surface area (Å²) in [6, 6.07) is 12.5. The van der Waals surface area contributed by atoms with Crippen LogP contribution in [0.3, 0.4) is 0 Å². The highest BCUT2D eigenvalue weighted by Gasteiger charge is 2.28. The number of hydrogen-bond acceptors (Lipinski definition) is 7. The van der Waals surface area contributed by atoms with Crippen LogP contribution in [-0.2, 0) is 7.05 Å². The molecule has 1 amide bonds. The maximum Gasteiger partial charge on any atom is 0.335 e. The van der Waals surface area contributed by atoms with E-state index in [2.05, 4.69) is 0 Å². The molecule has 0 N–H and O–H groups in total. The molecule has 0 unspecified atom stereocenters. The van der Waals surface area contributed by atoms with E-state index in [-0.39, 0.29) is 11.5 Å². The summed E-state index contributed by atoms with van der Waals surface area (Å²) in [6.07, 6.45) is 0. The highest BCUT2D eigenvalue weighted by Crippen LogP contribution is 2.38. The van der Waals surface area contributed by atoms with E-state index in [1.807, 2.05) is 35.2 Å². The van der Waals surface area contributed by atoms with Crippen molar-refractivity contribution >= 4 is 11.6 Å². The molecule has 190 valence electrons. The summed E-state index contributed by atoms with van der Waals surface area (Å²) in [6.45, 7) is 3.47. The summed E-state index contributed by atoms with van der Waals surface area (Å²) in [4.78, 5) is 43.0. The van der Waals surface area contributed by atoms with Crippen molar-refractivity contribution in [2.75, 3.05) is 52.4 Å². The van der Waals surface area contributed by atoms with Crippen molar-refractivity contribution in [2.24, 2.45) is 7.05 Å². The first-order chi connectivity index (χ1) is 17.3. The van der Waals surface area contributed by atoms with E-state index in [9.17, 15) is 14.4 Å². The van der Waals surface area contributed by atoms with E-state index < -0.39 is 5.69 Å². The molecule has 1 aromatic heterocycles. The van der Waals surface area contributed by atoms with Gasteiger partial charge in [0.2, 0.25) is 5.75 Å². The zero-order chi connectivity index (χ0) is 26.0. The lowest BCUT2D eigenvalue weighted by atomic mass is 10.1. The number of carbonyl (C=O) groups excluding carboxylic acids is 1. The van der Waals surface area contributed by atoms with Gasteiger partial charge in [-0.05, 0) is 31.2 Å². The summed E-state index contributed by atoms with van der Waals surface area (Å²) in [5.74, 6) is 1.05. The third-order valence-electron chi connectivity index (χ3n) is 6.47. The summed E-state index contributed by atoms with van der Waals surface area (Å²) >= 11 is 0. The number of amides is 1. The lowest BCUT2D eigenvalue weighted by Gasteiger charge is -2.36. The van der Waals surface area contributed by atoms with Crippen molar-refractivity contribution in [1.29, 1.82) is 0 Å². The average Bonchev–Trinajstić information content (AvgIpc) is 2.91. The van der Waals surface area contributed by atoms with Gasteiger partial charge >= 0.3 is 5.69 Å². The second-order valence-corrected chi connectivity index (χ2v) is 8.44. The third-order valence-corrected chi connectivity index (χ3v) is 6.47. The largest absolute Gasteiger partial charge is 0.493 e. The van der Waals surface area contributed by atoms with Gasteiger partial charge < -0.3 is 24.0 Å². The van der Waals surface area contributed by atoms with E-state index in [0.717, 1.165) is 4.57 Å². The Kier molecular flexibility index (Phi) is 7.05. The van der Waals surface area contributed by atoms with Crippen molar-refractivity contribution in [3.8, 4) is 22.9 Å². The van der Waals surface area contributed by atoms with E-state index in [1.54, 1.807) is 28.5 Å². The first kappa shape index (κ1) is 24.9. The molecule has 2 aromatic carbocycles. The Morgan fingerprint density at radius 3 is 1.97 bits per heavy atom. The van der Waals surface area contributed by atoms with Crippen molar-refractivity contribution in [3.63, 3.8) is 0 Å². The predicted octanol–water partition coefficient (Wildman–Crippen LogP) is 1.83. The molecule has 0 radical (unpaired) electrons. The van der Waals surface area contributed by atoms with Crippen LogP contribution in [0.5, 0.6) is 17.2 Å². The number of aromatic nitrogens is 2. The van der Waals surface area contributed by atoms with Gasteiger partial charge in [0.05, 0.1) is 32.7 Å². The van der Waals surface area contributed by atoms with Crippen molar-refractivity contribution in [1.82, 2.24) is 14.0 Å². The highest BCUT2D eigenvalue weighted by atomic mass is 16.5. The minimum atomic E-state index is -0.399. The Labute approximate surface area is 208 Å². The van der Waals surface area contributed by atoms with E-state index >= 15 is 0 Å². The van der Waals surface area contributed by atoms with Crippen LogP contribution in [0.15, 0.2) is 52.1 Å². The minimum Gasteiger partial charge on any atom is -0.493 e. The van der Waals surface area contributed by atoms with E-state index in [1.165, 1.54) is 28.4 Å². The van der Waals surface area contributed by atoms with Gasteiger partial charge in [-0.1, -0.05) is 18.2 Å². The molecular weight excluding hydrogens is 464 g/mol. The van der Waals surface area contributed by atoms with Crippen LogP contribution in [0.1, 0.15) is 16.1 Å². The molecule has 2 heterocycles. The first-order valence-corrected chi connectivity index (χ1v) is 11.5. The number of hydrogen-bond donors (Lipinski definition) is 0. The van der Waals surface area contributed by atoms with E-state index in [4.69, 9.17) is 14.2 Å². The standard InChI is InChI=1S/C26H30N4O6/c1-17-22(25(32)27(2)26(33)30(17)19-9-7-6-8-10-19)28-11-13-29(14-12-28)24(31)18-15-20(34-3)23(36-5)21(16-18)35-4/h6-10,15-16H,11-14H2,1-5H3. The molecule has 1 saturated heterocycles. The fraction of sp³-hybridized carbons (Fsp3) is 0.346. The van der Waals surface area contributed by atoms with Crippen molar-refractivity contribution < 1.29 is 19.0 Å². The Bertz CT molecular complexity index is 1360. The number of carbonyl (C=O) groups is 1. The molecule has 1 aliphatic heterocycles. The lowest BCUT2D eigenvalue weighted by Crippen LogP contribution is -2.52. The summed E-state index contributed by atoms with van der Waals surface area (Å²) in [5.41, 5.74) is 1.38. The zero-order valence-electron chi connectivity index (χ0n) is 21.1. The Morgan fingerprint density at radius 1 is 0.861 bits per heavy atom. The SMILES string of the molecule is COc1cc(C(=O)N2CCN(c3c(C)n(-c4ccccc4)c(=O)n(C)c3=O)CC2)cc(OC)c1OC. The number of piperazine rings is 1. The van der Waals surface area contributed by atoms with Crippen LogP contribution in [-0.4, -0.2) is 67.4 Å². The van der Waals surface area contributed by atoms with Gasteiger partial charge in [0.1, 0.15) is 5.69 Å². The van der Waals surface area contributed by atoms with Gasteiger partial charge in [-0.25, -0.2) is 4.79 Å². The molecular formula is C26H30N4O6. The molecule has 3 aromatic rings. The molecule has 1 aliphatic rings. The first-order valence-electron chi connectivity index (χ1n) is 11.5. The molecule has 10 heteroatoms. The molecule has 0 spiro atoms. The Morgan fingerprint density at radius 2 is 1.44 bits per heavy atom. The van der Waals surface area contributed by atoms with E-state index in [0.29, 0.717) is 66.1 Å². The van der Waals surface area contributed by atoms with Gasteiger partial charge in [0, 0.05) is 38.8 Å². The fourth-order valence-corrected chi connectivity index (χ4v) is 4.57. The van der Waals surface area contributed by atoms with Crippen LogP contribution < -0.4 is 30.4 Å². The average molecular weight is 495 g/mol. The number of para-hydroxylation sites is 1. The third kappa shape index (κ3) is 4.30.